The van der Waals surface area contributed by atoms with Crippen molar-refractivity contribution in [1.82, 2.24) is 0 Å². The Bertz CT molecular complexity index is 1090. The first-order chi connectivity index (χ1) is 15.4. The smallest absolute Gasteiger partial charge is 0.255 e. The van der Waals surface area contributed by atoms with Crippen LogP contribution in [0.5, 0.6) is 5.75 Å². The van der Waals surface area contributed by atoms with Crippen molar-refractivity contribution in [2.75, 3.05) is 29.1 Å². The normalized spacial score (nSPS) is 10.2. The highest BCUT2D eigenvalue weighted by Gasteiger charge is 2.08. The van der Waals surface area contributed by atoms with Gasteiger partial charge in [-0.05, 0) is 74.5 Å². The molecule has 2 amide bonds. The number of carbonyl (C=O) groups is 3. The van der Waals surface area contributed by atoms with Crippen LogP contribution in [0.15, 0.2) is 72.8 Å². The zero-order chi connectivity index (χ0) is 22.9. The van der Waals surface area contributed by atoms with E-state index in [1.807, 2.05) is 6.92 Å². The van der Waals surface area contributed by atoms with E-state index in [2.05, 4.69) is 16.0 Å². The molecular weight excluding hydrogens is 406 g/mol. The fourth-order valence-electron chi connectivity index (χ4n) is 2.95. The number of ketones is 1. The van der Waals surface area contributed by atoms with Gasteiger partial charge in [-0.3, -0.25) is 14.4 Å². The lowest BCUT2D eigenvalue weighted by Gasteiger charge is -2.10. The molecule has 3 rings (SSSR count). The Morgan fingerprint density at radius 2 is 1.47 bits per heavy atom. The summed E-state index contributed by atoms with van der Waals surface area (Å²) in [5.74, 6) is 0.203. The van der Waals surface area contributed by atoms with Gasteiger partial charge in [-0.15, -0.1) is 0 Å². The van der Waals surface area contributed by atoms with Crippen LogP contribution < -0.4 is 20.7 Å². The van der Waals surface area contributed by atoms with Gasteiger partial charge in [-0.1, -0.05) is 12.1 Å². The number of Topliss-reactive ketones (excluding diaryl/α,β-unsaturated/α-hetero) is 1. The third-order valence-corrected chi connectivity index (χ3v) is 4.58. The van der Waals surface area contributed by atoms with Crippen molar-refractivity contribution in [3.63, 3.8) is 0 Å². The van der Waals surface area contributed by atoms with Gasteiger partial charge in [0, 0.05) is 28.2 Å². The van der Waals surface area contributed by atoms with Crippen LogP contribution in [-0.2, 0) is 4.79 Å². The zero-order valence-electron chi connectivity index (χ0n) is 18.0. The number of ether oxygens (including phenoxy) is 1. The maximum absolute atomic E-state index is 12.4. The molecule has 0 saturated carbocycles. The Kier molecular flexibility index (Phi) is 7.59. The summed E-state index contributed by atoms with van der Waals surface area (Å²) in [5.41, 5.74) is 2.97. The first-order valence-corrected chi connectivity index (χ1v) is 10.2. The molecule has 7 heteroatoms. The molecule has 7 nitrogen and oxygen atoms in total. The summed E-state index contributed by atoms with van der Waals surface area (Å²) in [6.45, 7) is 4.02. The van der Waals surface area contributed by atoms with E-state index in [0.29, 0.717) is 34.8 Å². The molecular formula is C25H25N3O4. The number of anilines is 3. The summed E-state index contributed by atoms with van der Waals surface area (Å²) in [6.07, 6.45) is 0. The van der Waals surface area contributed by atoms with E-state index in [0.717, 1.165) is 5.75 Å². The summed E-state index contributed by atoms with van der Waals surface area (Å²) in [7, 11) is 0. The minimum Gasteiger partial charge on any atom is -0.494 e. The summed E-state index contributed by atoms with van der Waals surface area (Å²) < 4.78 is 5.39. The van der Waals surface area contributed by atoms with Crippen LogP contribution in [0.1, 0.15) is 34.6 Å². The Labute approximate surface area is 186 Å². The molecule has 0 aliphatic carbocycles. The maximum Gasteiger partial charge on any atom is 0.255 e. The number of amides is 2. The van der Waals surface area contributed by atoms with Gasteiger partial charge in [0.1, 0.15) is 5.75 Å². The van der Waals surface area contributed by atoms with E-state index in [-0.39, 0.29) is 24.1 Å². The van der Waals surface area contributed by atoms with Crippen molar-refractivity contribution in [1.29, 1.82) is 0 Å². The monoisotopic (exact) mass is 431 g/mol. The second-order valence-corrected chi connectivity index (χ2v) is 7.03. The molecule has 0 aromatic heterocycles. The van der Waals surface area contributed by atoms with Crippen LogP contribution in [0.25, 0.3) is 0 Å². The molecule has 0 fully saturated rings. The van der Waals surface area contributed by atoms with Crippen molar-refractivity contribution in [3.8, 4) is 5.75 Å². The SMILES string of the molecule is CCOc1ccc(NC(=O)c2ccc(NCC(=O)Nc3cccc(C(C)=O)c3)cc2)cc1. The number of rotatable bonds is 9. The molecule has 0 saturated heterocycles. The Balaban J connectivity index is 1.50. The van der Waals surface area contributed by atoms with Crippen molar-refractivity contribution < 1.29 is 19.1 Å². The molecule has 0 atom stereocenters. The Morgan fingerprint density at radius 3 is 2.12 bits per heavy atom. The van der Waals surface area contributed by atoms with Gasteiger partial charge in [0.2, 0.25) is 5.91 Å². The summed E-state index contributed by atoms with van der Waals surface area (Å²) in [4.78, 5) is 36.1. The fourth-order valence-corrected chi connectivity index (χ4v) is 2.95. The average Bonchev–Trinajstić information content (AvgIpc) is 2.79. The van der Waals surface area contributed by atoms with E-state index < -0.39 is 0 Å². The largest absolute Gasteiger partial charge is 0.494 e. The summed E-state index contributed by atoms with van der Waals surface area (Å²) in [5, 5.41) is 8.59. The minimum absolute atomic E-state index is 0.0437. The molecule has 0 unspecified atom stereocenters. The average molecular weight is 431 g/mol. The number of hydrogen-bond acceptors (Lipinski definition) is 5. The molecule has 0 aliphatic heterocycles. The van der Waals surface area contributed by atoms with Crippen LogP contribution in [-0.4, -0.2) is 30.7 Å². The van der Waals surface area contributed by atoms with Gasteiger partial charge < -0.3 is 20.7 Å². The topological polar surface area (TPSA) is 96.5 Å². The number of benzene rings is 3. The first-order valence-electron chi connectivity index (χ1n) is 10.2. The number of hydrogen-bond donors (Lipinski definition) is 3. The van der Waals surface area contributed by atoms with E-state index in [4.69, 9.17) is 4.74 Å². The summed E-state index contributed by atoms with van der Waals surface area (Å²) in [6, 6.07) is 20.8. The lowest BCUT2D eigenvalue weighted by molar-refractivity contribution is -0.114. The van der Waals surface area contributed by atoms with Gasteiger partial charge in [0.25, 0.3) is 5.91 Å². The standard InChI is InChI=1S/C25H25N3O4/c1-3-32-23-13-11-21(12-14-23)28-25(31)18-7-9-20(10-8-18)26-16-24(30)27-22-6-4-5-19(15-22)17(2)29/h4-15,26H,3,16H2,1-2H3,(H,27,30)(H,28,31). The molecule has 3 aromatic carbocycles. The van der Waals surface area contributed by atoms with Crippen molar-refractivity contribution in [3.05, 3.63) is 83.9 Å². The second-order valence-electron chi connectivity index (χ2n) is 7.03. The molecule has 164 valence electrons. The predicted octanol–water partition coefficient (Wildman–Crippen LogP) is 4.59. The minimum atomic E-state index is -0.247. The van der Waals surface area contributed by atoms with Crippen LogP contribution >= 0.6 is 0 Å². The van der Waals surface area contributed by atoms with Crippen LogP contribution in [0, 0.1) is 0 Å². The molecule has 0 radical (unpaired) electrons. The molecule has 0 heterocycles. The van der Waals surface area contributed by atoms with Crippen LogP contribution in [0.4, 0.5) is 17.1 Å². The Morgan fingerprint density at radius 1 is 0.781 bits per heavy atom. The van der Waals surface area contributed by atoms with Crippen molar-refractivity contribution >= 4 is 34.7 Å². The van der Waals surface area contributed by atoms with E-state index in [1.165, 1.54) is 6.92 Å². The van der Waals surface area contributed by atoms with Crippen LogP contribution in [0.3, 0.4) is 0 Å². The number of nitrogens with one attached hydrogen (secondary N) is 3. The Hall–Kier alpha value is -4.13. The highest BCUT2D eigenvalue weighted by Crippen LogP contribution is 2.17. The van der Waals surface area contributed by atoms with Gasteiger partial charge in [0.05, 0.1) is 13.2 Å². The van der Waals surface area contributed by atoms with Gasteiger partial charge in [0.15, 0.2) is 5.78 Å². The lowest BCUT2D eigenvalue weighted by Crippen LogP contribution is -2.22. The van der Waals surface area contributed by atoms with E-state index >= 15 is 0 Å². The summed E-state index contributed by atoms with van der Waals surface area (Å²) >= 11 is 0. The molecule has 3 aromatic rings. The molecule has 0 bridgehead atoms. The van der Waals surface area contributed by atoms with E-state index in [9.17, 15) is 14.4 Å². The van der Waals surface area contributed by atoms with Crippen LogP contribution in [0.2, 0.25) is 0 Å². The third kappa shape index (κ3) is 6.43. The molecule has 32 heavy (non-hydrogen) atoms. The highest BCUT2D eigenvalue weighted by atomic mass is 16.5. The van der Waals surface area contributed by atoms with Crippen molar-refractivity contribution in [2.24, 2.45) is 0 Å². The predicted molar refractivity (Wildman–Crippen MR) is 126 cm³/mol. The van der Waals surface area contributed by atoms with Crippen molar-refractivity contribution in [2.45, 2.75) is 13.8 Å². The van der Waals surface area contributed by atoms with Gasteiger partial charge >= 0.3 is 0 Å². The highest BCUT2D eigenvalue weighted by molar-refractivity contribution is 6.04. The third-order valence-electron chi connectivity index (χ3n) is 4.58. The molecule has 0 aliphatic rings. The molecule has 3 N–H and O–H groups in total. The van der Waals surface area contributed by atoms with Gasteiger partial charge in [-0.25, -0.2) is 0 Å². The molecule has 0 spiro atoms. The quantitative estimate of drug-likeness (QED) is 0.431. The van der Waals surface area contributed by atoms with E-state index in [1.54, 1.807) is 72.8 Å². The number of carbonyl (C=O) groups excluding carboxylic acids is 3. The first kappa shape index (κ1) is 22.6. The lowest BCUT2D eigenvalue weighted by atomic mass is 10.1. The fraction of sp³-hybridized carbons (Fsp3) is 0.160. The second kappa shape index (κ2) is 10.8. The maximum atomic E-state index is 12.4. The zero-order valence-corrected chi connectivity index (χ0v) is 18.0. The van der Waals surface area contributed by atoms with Gasteiger partial charge in [-0.2, -0.15) is 0 Å².